The molecule has 1 N–H and O–H groups in total. The Morgan fingerprint density at radius 1 is 1.13 bits per heavy atom. The fourth-order valence-electron chi connectivity index (χ4n) is 2.11. The first-order chi connectivity index (χ1) is 11.0. The molecule has 0 heterocycles. The molecule has 0 aromatic heterocycles. The molecule has 0 saturated heterocycles. The first-order valence-electron chi connectivity index (χ1n) is 7.01. The monoisotopic (exact) mass is 331 g/mol. The van der Waals surface area contributed by atoms with Gasteiger partial charge in [0.1, 0.15) is 11.5 Å². The van der Waals surface area contributed by atoms with Gasteiger partial charge in [0.2, 0.25) is 5.91 Å². The molecule has 0 unspecified atom stereocenters. The summed E-state index contributed by atoms with van der Waals surface area (Å²) in [7, 11) is 3.14. The number of hydrogen-bond donors (Lipinski definition) is 1. The lowest BCUT2D eigenvalue weighted by molar-refractivity contribution is -0.111. The van der Waals surface area contributed by atoms with Crippen LogP contribution in [0.3, 0.4) is 0 Å². The zero-order valence-electron chi connectivity index (χ0n) is 13.2. The van der Waals surface area contributed by atoms with Gasteiger partial charge in [-0.2, -0.15) is 0 Å². The SMILES string of the molecule is COc1cccc(OC)c1/C=C/C(=O)Nc1cc(Cl)ccc1C. The molecular formula is C18H18ClNO3. The number of anilines is 1. The van der Waals surface area contributed by atoms with Crippen molar-refractivity contribution in [3.05, 3.63) is 58.6 Å². The Bertz CT molecular complexity index is 719. The maximum atomic E-state index is 12.1. The van der Waals surface area contributed by atoms with E-state index in [2.05, 4.69) is 5.32 Å². The highest BCUT2D eigenvalue weighted by molar-refractivity contribution is 6.31. The largest absolute Gasteiger partial charge is 0.496 e. The number of halogens is 1. The number of methoxy groups -OCH3 is 2. The van der Waals surface area contributed by atoms with Crippen molar-refractivity contribution in [2.75, 3.05) is 19.5 Å². The Morgan fingerprint density at radius 3 is 2.39 bits per heavy atom. The van der Waals surface area contributed by atoms with Crippen LogP contribution in [0, 0.1) is 6.92 Å². The van der Waals surface area contributed by atoms with E-state index in [1.54, 1.807) is 44.6 Å². The van der Waals surface area contributed by atoms with E-state index in [4.69, 9.17) is 21.1 Å². The van der Waals surface area contributed by atoms with Crippen LogP contribution in [-0.2, 0) is 4.79 Å². The highest BCUT2D eigenvalue weighted by atomic mass is 35.5. The van der Waals surface area contributed by atoms with Gasteiger partial charge in [0.15, 0.2) is 0 Å². The molecule has 2 aromatic rings. The third-order valence-corrected chi connectivity index (χ3v) is 3.56. The van der Waals surface area contributed by atoms with Crippen LogP contribution in [0.5, 0.6) is 11.5 Å². The lowest BCUT2D eigenvalue weighted by Gasteiger charge is -2.10. The predicted octanol–water partition coefficient (Wildman–Crippen LogP) is 4.32. The molecule has 0 radical (unpaired) electrons. The number of rotatable bonds is 5. The Morgan fingerprint density at radius 2 is 1.78 bits per heavy atom. The summed E-state index contributed by atoms with van der Waals surface area (Å²) in [5.41, 5.74) is 2.32. The van der Waals surface area contributed by atoms with E-state index < -0.39 is 0 Å². The second-order valence-electron chi connectivity index (χ2n) is 4.86. The summed E-state index contributed by atoms with van der Waals surface area (Å²) in [5.74, 6) is 1.00. The van der Waals surface area contributed by atoms with Crippen LogP contribution in [-0.4, -0.2) is 20.1 Å². The van der Waals surface area contributed by atoms with Crippen molar-refractivity contribution >= 4 is 29.3 Å². The zero-order chi connectivity index (χ0) is 16.8. The smallest absolute Gasteiger partial charge is 0.248 e. The van der Waals surface area contributed by atoms with Crippen LogP contribution in [0.2, 0.25) is 5.02 Å². The van der Waals surface area contributed by atoms with Gasteiger partial charge in [0.05, 0.1) is 19.8 Å². The first-order valence-corrected chi connectivity index (χ1v) is 7.39. The molecular weight excluding hydrogens is 314 g/mol. The molecule has 5 heteroatoms. The van der Waals surface area contributed by atoms with Gasteiger partial charge in [-0.25, -0.2) is 0 Å². The summed E-state index contributed by atoms with van der Waals surface area (Å²) >= 11 is 5.95. The van der Waals surface area contributed by atoms with E-state index in [0.717, 1.165) is 5.56 Å². The lowest BCUT2D eigenvalue weighted by Crippen LogP contribution is -2.09. The molecule has 0 bridgehead atoms. The number of benzene rings is 2. The minimum Gasteiger partial charge on any atom is -0.496 e. The van der Waals surface area contributed by atoms with E-state index in [1.165, 1.54) is 6.08 Å². The van der Waals surface area contributed by atoms with Crippen LogP contribution in [0.1, 0.15) is 11.1 Å². The molecule has 0 aliphatic carbocycles. The summed E-state index contributed by atoms with van der Waals surface area (Å²) in [5, 5.41) is 3.38. The van der Waals surface area contributed by atoms with Crippen LogP contribution in [0.15, 0.2) is 42.5 Å². The van der Waals surface area contributed by atoms with E-state index in [0.29, 0.717) is 27.8 Å². The van der Waals surface area contributed by atoms with Gasteiger partial charge in [-0.1, -0.05) is 23.7 Å². The molecule has 0 spiro atoms. The Hall–Kier alpha value is -2.46. The van der Waals surface area contributed by atoms with Crippen molar-refractivity contribution in [2.45, 2.75) is 6.92 Å². The minimum absolute atomic E-state index is 0.261. The summed E-state index contributed by atoms with van der Waals surface area (Å²) in [6.45, 7) is 1.90. The van der Waals surface area contributed by atoms with E-state index in [9.17, 15) is 4.79 Å². The van der Waals surface area contributed by atoms with Crippen molar-refractivity contribution in [2.24, 2.45) is 0 Å². The number of ether oxygens (including phenoxy) is 2. The number of hydrogen-bond acceptors (Lipinski definition) is 3. The molecule has 0 aliphatic rings. The Balaban J connectivity index is 2.20. The number of carbonyl (C=O) groups is 1. The fraction of sp³-hybridized carbons (Fsp3) is 0.167. The highest BCUT2D eigenvalue weighted by Gasteiger charge is 2.08. The second-order valence-corrected chi connectivity index (χ2v) is 5.29. The Kier molecular flexibility index (Phi) is 5.66. The minimum atomic E-state index is -0.261. The highest BCUT2D eigenvalue weighted by Crippen LogP contribution is 2.29. The van der Waals surface area contributed by atoms with Gasteiger partial charge in [0, 0.05) is 16.8 Å². The van der Waals surface area contributed by atoms with Crippen molar-refractivity contribution in [1.29, 1.82) is 0 Å². The molecule has 0 saturated carbocycles. The third kappa shape index (κ3) is 4.27. The van der Waals surface area contributed by atoms with Gasteiger partial charge < -0.3 is 14.8 Å². The van der Waals surface area contributed by atoms with E-state index in [1.807, 2.05) is 19.1 Å². The molecule has 4 nitrogen and oxygen atoms in total. The summed E-state index contributed by atoms with van der Waals surface area (Å²) in [6, 6.07) is 10.8. The van der Waals surface area contributed by atoms with Gasteiger partial charge in [-0.3, -0.25) is 4.79 Å². The molecule has 23 heavy (non-hydrogen) atoms. The molecule has 2 rings (SSSR count). The van der Waals surface area contributed by atoms with Gasteiger partial charge >= 0.3 is 0 Å². The summed E-state index contributed by atoms with van der Waals surface area (Å²) in [6.07, 6.45) is 3.09. The van der Waals surface area contributed by atoms with Crippen LogP contribution < -0.4 is 14.8 Å². The summed E-state index contributed by atoms with van der Waals surface area (Å²) < 4.78 is 10.6. The summed E-state index contributed by atoms with van der Waals surface area (Å²) in [4.78, 5) is 12.1. The molecule has 120 valence electrons. The van der Waals surface area contributed by atoms with Gasteiger partial charge in [0.25, 0.3) is 0 Å². The molecule has 0 aliphatic heterocycles. The van der Waals surface area contributed by atoms with E-state index in [-0.39, 0.29) is 5.91 Å². The van der Waals surface area contributed by atoms with E-state index >= 15 is 0 Å². The van der Waals surface area contributed by atoms with Gasteiger partial charge in [-0.15, -0.1) is 0 Å². The fourth-order valence-corrected chi connectivity index (χ4v) is 2.28. The van der Waals surface area contributed by atoms with Crippen molar-refractivity contribution < 1.29 is 14.3 Å². The molecule has 2 aromatic carbocycles. The standard InChI is InChI=1S/C18H18ClNO3/c1-12-7-8-13(19)11-15(12)20-18(21)10-9-14-16(22-2)5-4-6-17(14)23-3/h4-11H,1-3H3,(H,20,21)/b10-9+. The van der Waals surface area contributed by atoms with Crippen molar-refractivity contribution in [3.8, 4) is 11.5 Å². The van der Waals surface area contributed by atoms with Crippen molar-refractivity contribution in [1.82, 2.24) is 0 Å². The maximum Gasteiger partial charge on any atom is 0.248 e. The van der Waals surface area contributed by atoms with Crippen molar-refractivity contribution in [3.63, 3.8) is 0 Å². The topological polar surface area (TPSA) is 47.6 Å². The molecule has 0 fully saturated rings. The van der Waals surface area contributed by atoms with Crippen LogP contribution >= 0.6 is 11.6 Å². The second kappa shape index (κ2) is 7.70. The zero-order valence-corrected chi connectivity index (χ0v) is 14.0. The average Bonchev–Trinajstić information content (AvgIpc) is 2.55. The van der Waals surface area contributed by atoms with Gasteiger partial charge in [-0.05, 0) is 42.8 Å². The number of amides is 1. The number of aryl methyl sites for hydroxylation is 1. The average molecular weight is 332 g/mol. The maximum absolute atomic E-state index is 12.1. The first kappa shape index (κ1) is 16.9. The quantitative estimate of drug-likeness (QED) is 0.830. The number of carbonyl (C=O) groups excluding carboxylic acids is 1. The molecule has 0 atom stereocenters. The normalized spacial score (nSPS) is 10.6. The number of nitrogens with one attached hydrogen (secondary N) is 1. The van der Waals surface area contributed by atoms with Crippen LogP contribution in [0.4, 0.5) is 5.69 Å². The lowest BCUT2D eigenvalue weighted by atomic mass is 10.1. The molecule has 1 amide bonds. The van der Waals surface area contributed by atoms with Crippen LogP contribution in [0.25, 0.3) is 6.08 Å². The Labute approximate surface area is 140 Å². The predicted molar refractivity (Wildman–Crippen MR) is 93.4 cm³/mol. The third-order valence-electron chi connectivity index (χ3n) is 3.32.